The molecule has 2 heteroatoms. The highest BCUT2D eigenvalue weighted by atomic mass is 16.5. The first-order valence-corrected chi connectivity index (χ1v) is 7.47. The van der Waals surface area contributed by atoms with E-state index in [1.165, 1.54) is 19.3 Å². The largest absolute Gasteiger partial charge is 0.463 e. The third-order valence-electron chi connectivity index (χ3n) is 3.03. The standard InChI is InChI=1S/C17H30O2/c1-6-19-17(18)13-16(5)12-8-11-15(4)10-7-9-14(2)3/h8,12-15H,6-7,9-11H2,1-5H3/b12-8-,16-13+/t15-/m0/s1. The Hall–Kier alpha value is -1.05. The number of ether oxygens (including phenoxy) is 1. The first-order valence-electron chi connectivity index (χ1n) is 7.47. The Morgan fingerprint density at radius 3 is 2.47 bits per heavy atom. The van der Waals surface area contributed by atoms with Crippen molar-refractivity contribution < 1.29 is 9.53 Å². The number of allylic oxidation sites excluding steroid dienone is 3. The molecule has 0 aromatic rings. The number of carbonyl (C=O) groups is 1. The van der Waals surface area contributed by atoms with Gasteiger partial charge in [0, 0.05) is 6.08 Å². The predicted molar refractivity (Wildman–Crippen MR) is 82.0 cm³/mol. The van der Waals surface area contributed by atoms with Crippen LogP contribution in [0.1, 0.15) is 60.3 Å². The van der Waals surface area contributed by atoms with Crippen molar-refractivity contribution in [3.05, 3.63) is 23.8 Å². The van der Waals surface area contributed by atoms with Gasteiger partial charge in [-0.3, -0.25) is 0 Å². The average Bonchev–Trinajstić information content (AvgIpc) is 2.28. The molecule has 0 bridgehead atoms. The highest BCUT2D eigenvalue weighted by molar-refractivity contribution is 5.83. The molecule has 0 N–H and O–H groups in total. The third-order valence-corrected chi connectivity index (χ3v) is 3.03. The summed E-state index contributed by atoms with van der Waals surface area (Å²) in [5, 5.41) is 0. The van der Waals surface area contributed by atoms with E-state index in [0.717, 1.165) is 17.9 Å². The zero-order chi connectivity index (χ0) is 14.7. The number of hydrogen-bond acceptors (Lipinski definition) is 2. The molecular weight excluding hydrogens is 236 g/mol. The van der Waals surface area contributed by atoms with Crippen LogP contribution in [0, 0.1) is 11.8 Å². The van der Waals surface area contributed by atoms with Crippen molar-refractivity contribution in [2.75, 3.05) is 6.61 Å². The van der Waals surface area contributed by atoms with Gasteiger partial charge in [-0.15, -0.1) is 0 Å². The van der Waals surface area contributed by atoms with Gasteiger partial charge in [-0.05, 0) is 37.7 Å². The molecule has 110 valence electrons. The summed E-state index contributed by atoms with van der Waals surface area (Å²) in [6, 6.07) is 0. The number of esters is 1. The van der Waals surface area contributed by atoms with E-state index in [1.807, 2.05) is 19.9 Å². The van der Waals surface area contributed by atoms with E-state index < -0.39 is 0 Å². The maximum Gasteiger partial charge on any atom is 0.330 e. The lowest BCUT2D eigenvalue weighted by Crippen LogP contribution is -1.99. The monoisotopic (exact) mass is 266 g/mol. The van der Waals surface area contributed by atoms with Crippen LogP contribution in [0.4, 0.5) is 0 Å². The van der Waals surface area contributed by atoms with Gasteiger partial charge in [0.2, 0.25) is 0 Å². The van der Waals surface area contributed by atoms with E-state index in [2.05, 4.69) is 26.8 Å². The number of hydrogen-bond donors (Lipinski definition) is 0. The Kier molecular flexibility index (Phi) is 10.2. The minimum atomic E-state index is -0.255. The molecule has 0 heterocycles. The van der Waals surface area contributed by atoms with E-state index in [1.54, 1.807) is 6.08 Å². The summed E-state index contributed by atoms with van der Waals surface area (Å²) < 4.78 is 4.87. The van der Waals surface area contributed by atoms with Crippen molar-refractivity contribution in [1.82, 2.24) is 0 Å². The maximum absolute atomic E-state index is 11.2. The molecule has 0 amide bonds. The fourth-order valence-corrected chi connectivity index (χ4v) is 1.90. The van der Waals surface area contributed by atoms with Crippen LogP contribution in [-0.2, 0) is 9.53 Å². The van der Waals surface area contributed by atoms with Crippen molar-refractivity contribution in [2.24, 2.45) is 11.8 Å². The van der Waals surface area contributed by atoms with Gasteiger partial charge in [-0.1, -0.05) is 52.2 Å². The topological polar surface area (TPSA) is 26.3 Å². The summed E-state index contributed by atoms with van der Waals surface area (Å²) in [7, 11) is 0. The van der Waals surface area contributed by atoms with Crippen LogP contribution >= 0.6 is 0 Å². The van der Waals surface area contributed by atoms with Crippen LogP contribution in [0.2, 0.25) is 0 Å². The minimum absolute atomic E-state index is 0.255. The van der Waals surface area contributed by atoms with E-state index in [0.29, 0.717) is 12.5 Å². The van der Waals surface area contributed by atoms with Crippen LogP contribution in [-0.4, -0.2) is 12.6 Å². The summed E-state index contributed by atoms with van der Waals surface area (Å²) in [6.45, 7) is 11.0. The van der Waals surface area contributed by atoms with Gasteiger partial charge in [0.1, 0.15) is 0 Å². The van der Waals surface area contributed by atoms with Crippen LogP contribution < -0.4 is 0 Å². The Balaban J connectivity index is 3.90. The highest BCUT2D eigenvalue weighted by Gasteiger charge is 2.01. The molecule has 0 aliphatic carbocycles. The van der Waals surface area contributed by atoms with Gasteiger partial charge in [0.15, 0.2) is 0 Å². The Morgan fingerprint density at radius 2 is 1.89 bits per heavy atom. The van der Waals surface area contributed by atoms with Gasteiger partial charge >= 0.3 is 5.97 Å². The predicted octanol–water partition coefficient (Wildman–Crippen LogP) is 4.90. The number of rotatable bonds is 9. The molecule has 0 saturated heterocycles. The SMILES string of the molecule is CCOC(=O)/C=C(C)/C=C\C[C@@H](C)CCCC(C)C. The summed E-state index contributed by atoms with van der Waals surface area (Å²) in [5.41, 5.74) is 0.952. The van der Waals surface area contributed by atoms with Crippen LogP contribution in [0.15, 0.2) is 23.8 Å². The minimum Gasteiger partial charge on any atom is -0.463 e. The summed E-state index contributed by atoms with van der Waals surface area (Å²) in [4.78, 5) is 11.2. The highest BCUT2D eigenvalue weighted by Crippen LogP contribution is 2.15. The molecule has 0 unspecified atom stereocenters. The van der Waals surface area contributed by atoms with Crippen molar-refractivity contribution in [3.8, 4) is 0 Å². The van der Waals surface area contributed by atoms with Crippen molar-refractivity contribution in [3.63, 3.8) is 0 Å². The van der Waals surface area contributed by atoms with Crippen molar-refractivity contribution in [2.45, 2.75) is 60.3 Å². The molecule has 19 heavy (non-hydrogen) atoms. The van der Waals surface area contributed by atoms with Gasteiger partial charge in [-0.25, -0.2) is 4.79 Å². The quantitative estimate of drug-likeness (QED) is 0.337. The van der Waals surface area contributed by atoms with E-state index in [9.17, 15) is 4.79 Å². The normalized spacial score (nSPS) is 14.1. The number of carbonyl (C=O) groups excluding carboxylic acids is 1. The third kappa shape index (κ3) is 11.8. The Labute approximate surface area is 118 Å². The molecule has 0 aliphatic rings. The molecule has 0 rings (SSSR count). The molecular formula is C17H30O2. The van der Waals surface area contributed by atoms with E-state index in [4.69, 9.17) is 4.74 Å². The fourth-order valence-electron chi connectivity index (χ4n) is 1.90. The lowest BCUT2D eigenvalue weighted by Gasteiger charge is -2.09. The van der Waals surface area contributed by atoms with Gasteiger partial charge < -0.3 is 4.74 Å². The zero-order valence-corrected chi connectivity index (χ0v) is 13.2. The second-order valence-electron chi connectivity index (χ2n) is 5.71. The van der Waals surface area contributed by atoms with Crippen LogP contribution in [0.5, 0.6) is 0 Å². The summed E-state index contributed by atoms with van der Waals surface area (Å²) >= 11 is 0. The van der Waals surface area contributed by atoms with E-state index in [-0.39, 0.29) is 5.97 Å². The van der Waals surface area contributed by atoms with Crippen LogP contribution in [0.25, 0.3) is 0 Å². The molecule has 0 aliphatic heterocycles. The smallest absolute Gasteiger partial charge is 0.330 e. The average molecular weight is 266 g/mol. The van der Waals surface area contributed by atoms with Crippen LogP contribution in [0.3, 0.4) is 0 Å². The molecule has 0 aromatic heterocycles. The molecule has 0 fully saturated rings. The van der Waals surface area contributed by atoms with Gasteiger partial charge in [0.05, 0.1) is 6.61 Å². The van der Waals surface area contributed by atoms with Gasteiger partial charge in [-0.2, -0.15) is 0 Å². The molecule has 1 atom stereocenters. The summed E-state index contributed by atoms with van der Waals surface area (Å²) in [6.07, 6.45) is 10.7. The first kappa shape index (κ1) is 17.9. The lowest BCUT2D eigenvalue weighted by atomic mass is 9.97. The second-order valence-corrected chi connectivity index (χ2v) is 5.71. The summed E-state index contributed by atoms with van der Waals surface area (Å²) in [5.74, 6) is 1.26. The second kappa shape index (κ2) is 10.8. The van der Waals surface area contributed by atoms with E-state index >= 15 is 0 Å². The van der Waals surface area contributed by atoms with Crippen molar-refractivity contribution in [1.29, 1.82) is 0 Å². The molecule has 0 saturated carbocycles. The Bertz CT molecular complexity index is 300. The lowest BCUT2D eigenvalue weighted by molar-refractivity contribution is -0.137. The molecule has 2 nitrogen and oxygen atoms in total. The molecule has 0 radical (unpaired) electrons. The Morgan fingerprint density at radius 1 is 1.21 bits per heavy atom. The van der Waals surface area contributed by atoms with Gasteiger partial charge in [0.25, 0.3) is 0 Å². The fraction of sp³-hybridized carbons (Fsp3) is 0.706. The zero-order valence-electron chi connectivity index (χ0n) is 13.2. The van der Waals surface area contributed by atoms with Crippen molar-refractivity contribution >= 4 is 5.97 Å². The molecule has 0 aromatic carbocycles. The first-order chi connectivity index (χ1) is 8.95. The maximum atomic E-state index is 11.2. The molecule has 0 spiro atoms.